The van der Waals surface area contributed by atoms with Crippen molar-refractivity contribution in [3.63, 3.8) is 0 Å². The van der Waals surface area contributed by atoms with Crippen molar-refractivity contribution in [2.45, 2.75) is 25.9 Å². The van der Waals surface area contributed by atoms with Crippen LogP contribution >= 0.6 is 0 Å². The highest BCUT2D eigenvalue weighted by atomic mass is 16.5. The molecule has 1 atom stereocenters. The number of nitrogens with zero attached hydrogens (tertiary/aromatic N) is 3. The molecule has 2 aromatic heterocycles. The van der Waals surface area contributed by atoms with Crippen LogP contribution < -0.4 is 0 Å². The SMILES string of the molecule is COC[C@@H]1CN(Cc2ccc(C)o2)Cc2cn(C)nc21. The van der Waals surface area contributed by atoms with E-state index >= 15 is 0 Å². The zero-order chi connectivity index (χ0) is 14.1. The third kappa shape index (κ3) is 2.64. The van der Waals surface area contributed by atoms with Crippen molar-refractivity contribution in [3.05, 3.63) is 41.1 Å². The van der Waals surface area contributed by atoms with E-state index in [2.05, 4.69) is 22.3 Å². The zero-order valence-electron chi connectivity index (χ0n) is 12.3. The number of fused-ring (bicyclic) bond motifs is 1. The van der Waals surface area contributed by atoms with E-state index < -0.39 is 0 Å². The Balaban J connectivity index is 1.78. The average Bonchev–Trinajstić information content (AvgIpc) is 2.95. The second-order valence-corrected chi connectivity index (χ2v) is 5.55. The summed E-state index contributed by atoms with van der Waals surface area (Å²) in [5.41, 5.74) is 2.48. The topological polar surface area (TPSA) is 43.4 Å². The summed E-state index contributed by atoms with van der Waals surface area (Å²) in [5, 5.41) is 4.58. The molecule has 0 saturated carbocycles. The highest BCUT2D eigenvalue weighted by Gasteiger charge is 2.28. The molecule has 1 aliphatic rings. The molecule has 0 aliphatic carbocycles. The van der Waals surface area contributed by atoms with Crippen molar-refractivity contribution in [1.29, 1.82) is 0 Å². The molecule has 5 nitrogen and oxygen atoms in total. The first kappa shape index (κ1) is 13.4. The maximum absolute atomic E-state index is 5.68. The Kier molecular flexibility index (Phi) is 3.63. The van der Waals surface area contributed by atoms with Gasteiger partial charge in [-0.15, -0.1) is 0 Å². The lowest BCUT2D eigenvalue weighted by atomic mass is 9.97. The summed E-state index contributed by atoms with van der Waals surface area (Å²) in [4.78, 5) is 2.39. The molecule has 5 heteroatoms. The summed E-state index contributed by atoms with van der Waals surface area (Å²) in [5.74, 6) is 2.32. The van der Waals surface area contributed by atoms with E-state index in [1.165, 1.54) is 11.3 Å². The number of furan rings is 1. The van der Waals surface area contributed by atoms with Gasteiger partial charge >= 0.3 is 0 Å². The van der Waals surface area contributed by atoms with Crippen molar-refractivity contribution in [3.8, 4) is 0 Å². The predicted molar refractivity (Wildman–Crippen MR) is 75.4 cm³/mol. The van der Waals surface area contributed by atoms with Crippen molar-refractivity contribution in [1.82, 2.24) is 14.7 Å². The molecular formula is C15H21N3O2. The molecule has 20 heavy (non-hydrogen) atoms. The highest BCUT2D eigenvalue weighted by Crippen LogP contribution is 2.28. The van der Waals surface area contributed by atoms with Gasteiger partial charge in [-0.1, -0.05) is 0 Å². The van der Waals surface area contributed by atoms with E-state index in [-0.39, 0.29) is 0 Å². The van der Waals surface area contributed by atoms with E-state index in [1.54, 1.807) is 7.11 Å². The minimum Gasteiger partial charge on any atom is -0.465 e. The standard InChI is InChI=1S/C15H21N3O2/c1-11-4-5-14(20-11)9-18-7-12-6-17(2)16-15(12)13(8-18)10-19-3/h4-6,13H,7-10H2,1-3H3/t13-/m0/s1. The lowest BCUT2D eigenvalue weighted by Gasteiger charge is -2.30. The average molecular weight is 275 g/mol. The van der Waals surface area contributed by atoms with E-state index in [9.17, 15) is 0 Å². The molecule has 3 rings (SSSR count). The van der Waals surface area contributed by atoms with Crippen molar-refractivity contribution < 1.29 is 9.15 Å². The summed E-state index contributed by atoms with van der Waals surface area (Å²) in [7, 11) is 3.72. The van der Waals surface area contributed by atoms with Crippen LogP contribution in [0.5, 0.6) is 0 Å². The second kappa shape index (κ2) is 5.42. The molecule has 1 aliphatic heterocycles. The molecule has 108 valence electrons. The number of hydrogen-bond acceptors (Lipinski definition) is 4. The highest BCUT2D eigenvalue weighted by molar-refractivity contribution is 5.24. The molecule has 0 N–H and O–H groups in total. The quantitative estimate of drug-likeness (QED) is 0.856. The van der Waals surface area contributed by atoms with Crippen LogP contribution in [-0.4, -0.2) is 34.9 Å². The molecule has 2 aromatic rings. The van der Waals surface area contributed by atoms with Crippen LogP contribution in [0.3, 0.4) is 0 Å². The van der Waals surface area contributed by atoms with Gasteiger partial charge in [-0.3, -0.25) is 9.58 Å². The number of ether oxygens (including phenoxy) is 1. The van der Waals surface area contributed by atoms with Gasteiger partial charge in [0.1, 0.15) is 11.5 Å². The van der Waals surface area contributed by atoms with Crippen LogP contribution in [-0.2, 0) is 24.9 Å². The maximum Gasteiger partial charge on any atom is 0.118 e. The monoisotopic (exact) mass is 275 g/mol. The summed E-state index contributed by atoms with van der Waals surface area (Å²) >= 11 is 0. The number of hydrogen-bond donors (Lipinski definition) is 0. The van der Waals surface area contributed by atoms with E-state index in [0.717, 1.165) is 31.2 Å². The molecule has 0 saturated heterocycles. The van der Waals surface area contributed by atoms with Crippen LogP contribution in [0, 0.1) is 6.92 Å². The van der Waals surface area contributed by atoms with E-state index in [1.807, 2.05) is 24.7 Å². The molecule has 0 bridgehead atoms. The van der Waals surface area contributed by atoms with Gasteiger partial charge in [0.2, 0.25) is 0 Å². The van der Waals surface area contributed by atoms with Gasteiger partial charge in [0.15, 0.2) is 0 Å². The Morgan fingerprint density at radius 1 is 1.45 bits per heavy atom. The van der Waals surface area contributed by atoms with Crippen molar-refractivity contribution in [2.24, 2.45) is 7.05 Å². The lowest BCUT2D eigenvalue weighted by molar-refractivity contribution is 0.130. The fraction of sp³-hybridized carbons (Fsp3) is 0.533. The van der Waals surface area contributed by atoms with Gasteiger partial charge in [-0.05, 0) is 19.1 Å². The zero-order valence-corrected chi connectivity index (χ0v) is 12.3. The van der Waals surface area contributed by atoms with Gasteiger partial charge in [0, 0.05) is 44.9 Å². The first-order valence-electron chi connectivity index (χ1n) is 6.94. The fourth-order valence-electron chi connectivity index (χ4n) is 2.97. The van der Waals surface area contributed by atoms with Crippen molar-refractivity contribution in [2.75, 3.05) is 20.3 Å². The smallest absolute Gasteiger partial charge is 0.118 e. The van der Waals surface area contributed by atoms with Crippen LogP contribution in [0.2, 0.25) is 0 Å². The lowest BCUT2D eigenvalue weighted by Crippen LogP contribution is -2.34. The van der Waals surface area contributed by atoms with Gasteiger partial charge in [-0.2, -0.15) is 5.10 Å². The first-order chi connectivity index (χ1) is 9.65. The van der Waals surface area contributed by atoms with Crippen LogP contribution in [0.4, 0.5) is 0 Å². The molecule has 0 aromatic carbocycles. The third-order valence-electron chi connectivity index (χ3n) is 3.74. The molecule has 0 radical (unpaired) electrons. The summed E-state index contributed by atoms with van der Waals surface area (Å²) in [6.45, 7) is 5.40. The first-order valence-corrected chi connectivity index (χ1v) is 6.94. The predicted octanol–water partition coefficient (Wildman–Crippen LogP) is 2.07. The minimum absolute atomic E-state index is 0.334. The molecule has 0 unspecified atom stereocenters. The molecule has 0 amide bonds. The van der Waals surface area contributed by atoms with Gasteiger partial charge < -0.3 is 9.15 Å². The summed E-state index contributed by atoms with van der Waals surface area (Å²) in [6, 6.07) is 4.07. The Morgan fingerprint density at radius 2 is 2.30 bits per heavy atom. The van der Waals surface area contributed by atoms with Crippen molar-refractivity contribution >= 4 is 0 Å². The normalized spacial score (nSPS) is 19.2. The van der Waals surface area contributed by atoms with E-state index in [4.69, 9.17) is 9.15 Å². The third-order valence-corrected chi connectivity index (χ3v) is 3.74. The number of aryl methyl sites for hydroxylation is 2. The second-order valence-electron chi connectivity index (χ2n) is 5.55. The largest absolute Gasteiger partial charge is 0.465 e. The molecular weight excluding hydrogens is 254 g/mol. The Morgan fingerprint density at radius 3 is 3.00 bits per heavy atom. The van der Waals surface area contributed by atoms with Gasteiger partial charge in [-0.25, -0.2) is 0 Å². The van der Waals surface area contributed by atoms with Gasteiger partial charge in [0.25, 0.3) is 0 Å². The van der Waals surface area contributed by atoms with Crippen LogP contribution in [0.1, 0.15) is 28.7 Å². The van der Waals surface area contributed by atoms with Crippen LogP contribution in [0.15, 0.2) is 22.7 Å². The van der Waals surface area contributed by atoms with Gasteiger partial charge in [0.05, 0.1) is 18.8 Å². The number of aromatic nitrogens is 2. The Bertz CT molecular complexity index is 588. The number of rotatable bonds is 4. The van der Waals surface area contributed by atoms with E-state index in [0.29, 0.717) is 12.5 Å². The Labute approximate surface area is 119 Å². The summed E-state index contributed by atoms with van der Waals surface area (Å²) < 4.78 is 12.9. The fourth-order valence-corrected chi connectivity index (χ4v) is 2.97. The minimum atomic E-state index is 0.334. The summed E-state index contributed by atoms with van der Waals surface area (Å²) in [6.07, 6.45) is 2.11. The Hall–Kier alpha value is -1.59. The maximum atomic E-state index is 5.68. The number of methoxy groups -OCH3 is 1. The molecule has 0 fully saturated rings. The van der Waals surface area contributed by atoms with Crippen LogP contribution in [0.25, 0.3) is 0 Å². The molecule has 0 spiro atoms. The molecule has 3 heterocycles.